The second kappa shape index (κ2) is 6.54. The lowest BCUT2D eigenvalue weighted by molar-refractivity contribution is 0.247. The fraction of sp³-hybridized carbons (Fsp3) is 0.200. The first kappa shape index (κ1) is 13.1. The zero-order chi connectivity index (χ0) is 13.5. The number of hydrogen-bond donors (Lipinski definition) is 2. The van der Waals surface area contributed by atoms with Crippen LogP contribution < -0.4 is 9.47 Å². The van der Waals surface area contributed by atoms with Gasteiger partial charge < -0.3 is 19.7 Å². The van der Waals surface area contributed by atoms with Crippen LogP contribution in [0, 0.1) is 0 Å². The number of rotatable bonds is 6. The topological polar surface area (TPSA) is 58.9 Å². The SMILES string of the molecule is Oc1ccc(OCCCOc2ccc(O)cc2)cc1. The molecule has 100 valence electrons. The van der Waals surface area contributed by atoms with Crippen LogP contribution >= 0.6 is 0 Å². The van der Waals surface area contributed by atoms with E-state index in [2.05, 4.69) is 0 Å². The molecule has 2 rings (SSSR count). The van der Waals surface area contributed by atoms with E-state index in [4.69, 9.17) is 19.7 Å². The smallest absolute Gasteiger partial charge is 0.119 e. The molecule has 0 fully saturated rings. The van der Waals surface area contributed by atoms with Crippen molar-refractivity contribution in [1.29, 1.82) is 0 Å². The van der Waals surface area contributed by atoms with Crippen LogP contribution in [0.5, 0.6) is 23.0 Å². The van der Waals surface area contributed by atoms with Crippen LogP contribution in [0.4, 0.5) is 0 Å². The minimum atomic E-state index is 0.225. The number of ether oxygens (including phenoxy) is 2. The summed E-state index contributed by atoms with van der Waals surface area (Å²) in [7, 11) is 0. The highest BCUT2D eigenvalue weighted by Crippen LogP contribution is 2.17. The fourth-order valence-corrected chi connectivity index (χ4v) is 1.52. The Morgan fingerprint density at radius 2 is 1.00 bits per heavy atom. The van der Waals surface area contributed by atoms with E-state index < -0.39 is 0 Å². The molecule has 0 atom stereocenters. The van der Waals surface area contributed by atoms with Gasteiger partial charge in [0.2, 0.25) is 0 Å². The third-order valence-electron chi connectivity index (χ3n) is 2.50. The van der Waals surface area contributed by atoms with Crippen LogP contribution in [0.3, 0.4) is 0 Å². The third-order valence-corrected chi connectivity index (χ3v) is 2.50. The van der Waals surface area contributed by atoms with E-state index in [0.717, 1.165) is 17.9 Å². The predicted molar refractivity (Wildman–Crippen MR) is 71.8 cm³/mol. The lowest BCUT2D eigenvalue weighted by atomic mass is 10.3. The highest BCUT2D eigenvalue weighted by atomic mass is 16.5. The molecule has 2 aromatic carbocycles. The summed E-state index contributed by atoms with van der Waals surface area (Å²) in [5.74, 6) is 1.90. The standard InChI is InChI=1S/C15H16O4/c16-12-2-6-14(7-3-12)18-10-1-11-19-15-8-4-13(17)5-9-15/h2-9,16-17H,1,10-11H2. The second-order valence-electron chi connectivity index (χ2n) is 4.04. The van der Waals surface area contributed by atoms with Gasteiger partial charge in [0.25, 0.3) is 0 Å². The van der Waals surface area contributed by atoms with Crippen LogP contribution in [0.1, 0.15) is 6.42 Å². The Labute approximate surface area is 111 Å². The van der Waals surface area contributed by atoms with Crippen molar-refractivity contribution in [2.75, 3.05) is 13.2 Å². The minimum Gasteiger partial charge on any atom is -0.508 e. The summed E-state index contributed by atoms with van der Waals surface area (Å²) in [6.45, 7) is 1.09. The molecular weight excluding hydrogens is 244 g/mol. The van der Waals surface area contributed by atoms with Gasteiger partial charge in [-0.3, -0.25) is 0 Å². The van der Waals surface area contributed by atoms with Gasteiger partial charge in [-0.15, -0.1) is 0 Å². The van der Waals surface area contributed by atoms with Gasteiger partial charge in [0.05, 0.1) is 13.2 Å². The Kier molecular flexibility index (Phi) is 4.50. The van der Waals surface area contributed by atoms with Gasteiger partial charge in [0.15, 0.2) is 0 Å². The third kappa shape index (κ3) is 4.43. The number of hydrogen-bond acceptors (Lipinski definition) is 4. The van der Waals surface area contributed by atoms with E-state index in [9.17, 15) is 0 Å². The van der Waals surface area contributed by atoms with Gasteiger partial charge in [-0.1, -0.05) is 0 Å². The minimum absolute atomic E-state index is 0.225. The molecule has 0 heterocycles. The zero-order valence-electron chi connectivity index (χ0n) is 10.5. The van der Waals surface area contributed by atoms with E-state index in [1.165, 1.54) is 0 Å². The Hall–Kier alpha value is -2.36. The normalized spacial score (nSPS) is 10.1. The van der Waals surface area contributed by atoms with Gasteiger partial charge in [-0.25, -0.2) is 0 Å². The van der Waals surface area contributed by atoms with Gasteiger partial charge >= 0.3 is 0 Å². The first-order valence-electron chi connectivity index (χ1n) is 6.08. The molecule has 0 aliphatic rings. The van der Waals surface area contributed by atoms with Crippen molar-refractivity contribution in [3.8, 4) is 23.0 Å². The van der Waals surface area contributed by atoms with Crippen LogP contribution in [0.2, 0.25) is 0 Å². The summed E-state index contributed by atoms with van der Waals surface area (Å²) in [4.78, 5) is 0. The van der Waals surface area contributed by atoms with Gasteiger partial charge in [-0.2, -0.15) is 0 Å². The fourth-order valence-electron chi connectivity index (χ4n) is 1.52. The van der Waals surface area contributed by atoms with Crippen molar-refractivity contribution in [3.05, 3.63) is 48.5 Å². The molecule has 4 heteroatoms. The lowest BCUT2D eigenvalue weighted by Gasteiger charge is -2.08. The number of phenols is 2. The van der Waals surface area contributed by atoms with Crippen molar-refractivity contribution < 1.29 is 19.7 Å². The van der Waals surface area contributed by atoms with Crippen molar-refractivity contribution in [1.82, 2.24) is 0 Å². The molecule has 0 aromatic heterocycles. The van der Waals surface area contributed by atoms with Crippen molar-refractivity contribution in [2.24, 2.45) is 0 Å². The van der Waals surface area contributed by atoms with E-state index in [-0.39, 0.29) is 11.5 Å². The van der Waals surface area contributed by atoms with E-state index in [1.54, 1.807) is 48.5 Å². The maximum absolute atomic E-state index is 9.12. The molecule has 0 amide bonds. The monoisotopic (exact) mass is 260 g/mol. The summed E-state index contributed by atoms with van der Waals surface area (Å²) in [6.07, 6.45) is 0.752. The molecule has 0 saturated heterocycles. The maximum atomic E-state index is 9.12. The first-order chi connectivity index (χ1) is 9.24. The summed E-state index contributed by atoms with van der Waals surface area (Å²) in [5.41, 5.74) is 0. The van der Waals surface area contributed by atoms with Crippen LogP contribution in [0.15, 0.2) is 48.5 Å². The number of phenolic OH excluding ortho intramolecular Hbond substituents is 2. The van der Waals surface area contributed by atoms with Gasteiger partial charge in [0.1, 0.15) is 23.0 Å². The Balaban J connectivity index is 1.64. The molecule has 0 saturated carbocycles. The quantitative estimate of drug-likeness (QED) is 0.784. The predicted octanol–water partition coefficient (Wildman–Crippen LogP) is 2.95. The average Bonchev–Trinajstić information content (AvgIpc) is 2.43. The van der Waals surface area contributed by atoms with Crippen LogP contribution in [-0.4, -0.2) is 23.4 Å². The molecule has 4 nitrogen and oxygen atoms in total. The highest BCUT2D eigenvalue weighted by molar-refractivity contribution is 5.30. The molecule has 0 spiro atoms. The Bertz CT molecular complexity index is 443. The molecule has 19 heavy (non-hydrogen) atoms. The van der Waals surface area contributed by atoms with Gasteiger partial charge in [-0.05, 0) is 48.5 Å². The Morgan fingerprint density at radius 1 is 0.632 bits per heavy atom. The van der Waals surface area contributed by atoms with E-state index >= 15 is 0 Å². The summed E-state index contributed by atoms with van der Waals surface area (Å²) >= 11 is 0. The van der Waals surface area contributed by atoms with E-state index in [0.29, 0.717) is 13.2 Å². The Morgan fingerprint density at radius 3 is 1.37 bits per heavy atom. The first-order valence-corrected chi connectivity index (χ1v) is 6.08. The molecule has 0 bridgehead atoms. The van der Waals surface area contributed by atoms with Crippen molar-refractivity contribution >= 4 is 0 Å². The van der Waals surface area contributed by atoms with Crippen LogP contribution in [-0.2, 0) is 0 Å². The van der Waals surface area contributed by atoms with Gasteiger partial charge in [0, 0.05) is 6.42 Å². The van der Waals surface area contributed by atoms with Crippen LogP contribution in [0.25, 0.3) is 0 Å². The summed E-state index contributed by atoms with van der Waals surface area (Å²) < 4.78 is 11.0. The molecule has 0 unspecified atom stereocenters. The molecule has 0 aliphatic carbocycles. The average molecular weight is 260 g/mol. The second-order valence-corrected chi connectivity index (χ2v) is 4.04. The van der Waals surface area contributed by atoms with Crippen molar-refractivity contribution in [2.45, 2.75) is 6.42 Å². The summed E-state index contributed by atoms with van der Waals surface area (Å²) in [6, 6.07) is 13.2. The lowest BCUT2D eigenvalue weighted by Crippen LogP contribution is -2.04. The summed E-state index contributed by atoms with van der Waals surface area (Å²) in [5, 5.41) is 18.2. The maximum Gasteiger partial charge on any atom is 0.119 e. The molecule has 2 N–H and O–H groups in total. The molecule has 0 radical (unpaired) electrons. The highest BCUT2D eigenvalue weighted by Gasteiger charge is 1.96. The number of benzene rings is 2. The van der Waals surface area contributed by atoms with Crippen molar-refractivity contribution in [3.63, 3.8) is 0 Å². The number of aromatic hydroxyl groups is 2. The van der Waals surface area contributed by atoms with E-state index in [1.807, 2.05) is 0 Å². The molecule has 2 aromatic rings. The zero-order valence-corrected chi connectivity index (χ0v) is 10.5. The largest absolute Gasteiger partial charge is 0.508 e. The molecule has 0 aliphatic heterocycles. The molecular formula is C15H16O4.